The van der Waals surface area contributed by atoms with E-state index in [1.54, 1.807) is 0 Å². The molecule has 0 aromatic rings. The molecule has 0 spiro atoms. The third kappa shape index (κ3) is 0.886. The van der Waals surface area contributed by atoms with Gasteiger partial charge in [0.25, 0.3) is 0 Å². The van der Waals surface area contributed by atoms with Crippen LogP contribution in [-0.2, 0) is 0 Å². The van der Waals surface area contributed by atoms with Crippen LogP contribution in [0.5, 0.6) is 0 Å². The van der Waals surface area contributed by atoms with E-state index in [-0.39, 0.29) is 0 Å². The molecule has 0 aromatic heterocycles. The second-order valence-corrected chi connectivity index (χ2v) is 2.03. The van der Waals surface area contributed by atoms with Crippen LogP contribution in [-0.4, -0.2) is 6.21 Å². The van der Waals surface area contributed by atoms with Crippen molar-refractivity contribution in [1.82, 2.24) is 5.43 Å². The summed E-state index contributed by atoms with van der Waals surface area (Å²) in [6.07, 6.45) is 2.88. The van der Waals surface area contributed by atoms with Crippen LogP contribution in [0.3, 0.4) is 0 Å². The highest BCUT2D eigenvalue weighted by atomic mass is 15.3. The molecule has 0 radical (unpaired) electrons. The zero-order valence-electron chi connectivity index (χ0n) is 5.23. The summed E-state index contributed by atoms with van der Waals surface area (Å²) in [5.74, 6) is 0. The average Bonchev–Trinajstić information content (AvgIpc) is 1.77. The van der Waals surface area contributed by atoms with Crippen LogP contribution in [0.1, 0.15) is 20.3 Å². The summed E-state index contributed by atoms with van der Waals surface area (Å²) in [5, 5.41) is 3.88. The molecule has 1 aliphatic rings. The van der Waals surface area contributed by atoms with Crippen LogP contribution in [0, 0.1) is 0 Å². The van der Waals surface area contributed by atoms with Crippen molar-refractivity contribution in [3.05, 3.63) is 11.3 Å². The zero-order chi connectivity index (χ0) is 5.98. The molecule has 2 heteroatoms. The molecule has 0 atom stereocenters. The molecule has 0 saturated heterocycles. The SMILES string of the molecule is CC1=C(C)NN=CC1. The van der Waals surface area contributed by atoms with Crippen molar-refractivity contribution in [3.8, 4) is 0 Å². The van der Waals surface area contributed by atoms with Crippen LogP contribution in [0.4, 0.5) is 0 Å². The van der Waals surface area contributed by atoms with Gasteiger partial charge in [-0.3, -0.25) is 5.43 Å². The Labute approximate surface area is 49.3 Å². The molecule has 0 amide bonds. The maximum atomic E-state index is 3.88. The zero-order valence-corrected chi connectivity index (χ0v) is 5.23. The van der Waals surface area contributed by atoms with Gasteiger partial charge in [-0.15, -0.1) is 0 Å². The first kappa shape index (κ1) is 5.35. The monoisotopic (exact) mass is 110 g/mol. The third-order valence-corrected chi connectivity index (χ3v) is 1.36. The maximum Gasteiger partial charge on any atom is 0.0297 e. The Morgan fingerprint density at radius 3 is 2.75 bits per heavy atom. The quantitative estimate of drug-likeness (QED) is 0.498. The molecule has 1 aliphatic heterocycles. The molecule has 2 nitrogen and oxygen atoms in total. The lowest BCUT2D eigenvalue weighted by molar-refractivity contribution is 0.840. The smallest absolute Gasteiger partial charge is 0.0297 e. The molecular weight excluding hydrogens is 100 g/mol. The van der Waals surface area contributed by atoms with E-state index in [9.17, 15) is 0 Å². The van der Waals surface area contributed by atoms with Crippen molar-refractivity contribution in [3.63, 3.8) is 0 Å². The fraction of sp³-hybridized carbons (Fsp3) is 0.500. The van der Waals surface area contributed by atoms with Gasteiger partial charge in [-0.25, -0.2) is 0 Å². The van der Waals surface area contributed by atoms with Gasteiger partial charge in [0.15, 0.2) is 0 Å². The number of nitrogens with zero attached hydrogens (tertiary/aromatic N) is 1. The van der Waals surface area contributed by atoms with Gasteiger partial charge < -0.3 is 0 Å². The second-order valence-electron chi connectivity index (χ2n) is 2.03. The fourth-order valence-corrected chi connectivity index (χ4v) is 0.574. The molecule has 8 heavy (non-hydrogen) atoms. The highest BCUT2D eigenvalue weighted by molar-refractivity contribution is 5.62. The Morgan fingerprint density at radius 1 is 1.62 bits per heavy atom. The van der Waals surface area contributed by atoms with Gasteiger partial charge >= 0.3 is 0 Å². The summed E-state index contributed by atoms with van der Waals surface area (Å²) < 4.78 is 0. The van der Waals surface area contributed by atoms with Crippen LogP contribution >= 0.6 is 0 Å². The Bertz CT molecular complexity index is 129. The molecule has 0 aromatic carbocycles. The normalized spacial score (nSPS) is 18.8. The maximum absolute atomic E-state index is 3.88. The van der Waals surface area contributed by atoms with E-state index in [0.29, 0.717) is 0 Å². The van der Waals surface area contributed by atoms with Gasteiger partial charge in [0.2, 0.25) is 0 Å². The molecule has 0 bridgehead atoms. The van der Waals surface area contributed by atoms with Crippen molar-refractivity contribution < 1.29 is 0 Å². The standard InChI is InChI=1S/C6H10N2/c1-5-3-4-7-8-6(5)2/h4,8H,3H2,1-2H3. The van der Waals surface area contributed by atoms with Crippen molar-refractivity contribution >= 4 is 6.21 Å². The molecule has 0 saturated carbocycles. The number of rotatable bonds is 0. The topological polar surface area (TPSA) is 24.4 Å². The summed E-state index contributed by atoms with van der Waals surface area (Å²) in [6.45, 7) is 4.14. The van der Waals surface area contributed by atoms with Crippen molar-refractivity contribution in [2.24, 2.45) is 5.10 Å². The predicted molar refractivity (Wildman–Crippen MR) is 34.6 cm³/mol. The summed E-state index contributed by atoms with van der Waals surface area (Å²) >= 11 is 0. The predicted octanol–water partition coefficient (Wildman–Crippen LogP) is 1.26. The van der Waals surface area contributed by atoms with Crippen LogP contribution < -0.4 is 5.43 Å². The first-order valence-corrected chi connectivity index (χ1v) is 2.74. The van der Waals surface area contributed by atoms with E-state index in [2.05, 4.69) is 17.5 Å². The minimum absolute atomic E-state index is 0.999. The largest absolute Gasteiger partial charge is 0.283 e. The third-order valence-electron chi connectivity index (χ3n) is 1.36. The van der Waals surface area contributed by atoms with E-state index in [1.165, 1.54) is 11.3 Å². The molecule has 0 unspecified atom stereocenters. The van der Waals surface area contributed by atoms with Crippen LogP contribution in [0.15, 0.2) is 16.4 Å². The summed E-state index contributed by atoms with van der Waals surface area (Å²) in [7, 11) is 0. The lowest BCUT2D eigenvalue weighted by atomic mass is 10.2. The van der Waals surface area contributed by atoms with Gasteiger partial charge in [0, 0.05) is 18.3 Å². The highest BCUT2D eigenvalue weighted by Crippen LogP contribution is 2.05. The Kier molecular flexibility index (Phi) is 1.33. The number of allylic oxidation sites excluding steroid dienone is 2. The first-order valence-electron chi connectivity index (χ1n) is 2.74. The van der Waals surface area contributed by atoms with Crippen LogP contribution in [0.2, 0.25) is 0 Å². The summed E-state index contributed by atoms with van der Waals surface area (Å²) in [4.78, 5) is 0. The van der Waals surface area contributed by atoms with E-state index in [4.69, 9.17) is 0 Å². The van der Waals surface area contributed by atoms with Gasteiger partial charge in [0.1, 0.15) is 0 Å². The van der Waals surface area contributed by atoms with Crippen molar-refractivity contribution in [1.29, 1.82) is 0 Å². The fourth-order valence-electron chi connectivity index (χ4n) is 0.574. The van der Waals surface area contributed by atoms with Crippen molar-refractivity contribution in [2.45, 2.75) is 20.3 Å². The molecule has 1 rings (SSSR count). The Morgan fingerprint density at radius 2 is 2.38 bits per heavy atom. The molecular formula is C6H10N2. The number of hydrogen-bond acceptors (Lipinski definition) is 2. The molecule has 1 N–H and O–H groups in total. The van der Waals surface area contributed by atoms with E-state index in [1.807, 2.05) is 13.1 Å². The molecule has 0 fully saturated rings. The minimum atomic E-state index is 0.999. The van der Waals surface area contributed by atoms with E-state index < -0.39 is 0 Å². The Balaban J connectivity index is 2.67. The molecule has 1 heterocycles. The molecule has 44 valence electrons. The summed E-state index contributed by atoms with van der Waals surface area (Å²) in [5.41, 5.74) is 5.44. The second kappa shape index (κ2) is 1.99. The van der Waals surface area contributed by atoms with Gasteiger partial charge in [0.05, 0.1) is 0 Å². The van der Waals surface area contributed by atoms with Gasteiger partial charge in [-0.2, -0.15) is 5.10 Å². The number of hydrogen-bond donors (Lipinski definition) is 1. The van der Waals surface area contributed by atoms with Gasteiger partial charge in [-0.05, 0) is 19.4 Å². The Hall–Kier alpha value is -0.790. The highest BCUT2D eigenvalue weighted by Gasteiger charge is 1.96. The van der Waals surface area contributed by atoms with Crippen LogP contribution in [0.25, 0.3) is 0 Å². The van der Waals surface area contributed by atoms with Crippen molar-refractivity contribution in [2.75, 3.05) is 0 Å². The lowest BCUT2D eigenvalue weighted by Crippen LogP contribution is -2.09. The number of hydrazone groups is 1. The average molecular weight is 110 g/mol. The summed E-state index contributed by atoms with van der Waals surface area (Å²) in [6, 6.07) is 0. The lowest BCUT2D eigenvalue weighted by Gasteiger charge is -2.08. The number of nitrogens with one attached hydrogen (secondary N) is 1. The van der Waals surface area contributed by atoms with E-state index >= 15 is 0 Å². The minimum Gasteiger partial charge on any atom is -0.283 e. The van der Waals surface area contributed by atoms with E-state index in [0.717, 1.165) is 6.42 Å². The first-order chi connectivity index (χ1) is 3.80. The molecule has 0 aliphatic carbocycles. The van der Waals surface area contributed by atoms with Gasteiger partial charge in [-0.1, -0.05) is 0 Å².